The van der Waals surface area contributed by atoms with Crippen LogP contribution in [0.4, 0.5) is 0 Å². The molecule has 0 atom stereocenters. The summed E-state index contributed by atoms with van der Waals surface area (Å²) in [6, 6.07) is 19.0. The molecule has 0 saturated carbocycles. The summed E-state index contributed by atoms with van der Waals surface area (Å²) >= 11 is 0. The summed E-state index contributed by atoms with van der Waals surface area (Å²) in [5, 5.41) is 4.16. The van der Waals surface area contributed by atoms with Crippen LogP contribution in [0.1, 0.15) is 29.3 Å². The zero-order chi connectivity index (χ0) is 14.9. The van der Waals surface area contributed by atoms with Gasteiger partial charge in [0.1, 0.15) is 0 Å². The Kier molecular flexibility index (Phi) is 5.47. The van der Waals surface area contributed by atoms with Crippen molar-refractivity contribution >= 4 is 17.7 Å². The Hall–Kier alpha value is -2.68. The molecule has 21 heavy (non-hydrogen) atoms. The van der Waals surface area contributed by atoms with E-state index in [-0.39, 0.29) is 5.91 Å². The normalized spacial score (nSPS) is 11.6. The number of hydrazone groups is 1. The first-order valence-electron chi connectivity index (χ1n) is 6.94. The molecule has 0 aromatic heterocycles. The van der Waals surface area contributed by atoms with Crippen molar-refractivity contribution in [1.29, 1.82) is 0 Å². The van der Waals surface area contributed by atoms with Crippen molar-refractivity contribution in [3.05, 3.63) is 77.9 Å². The number of benzene rings is 2. The van der Waals surface area contributed by atoms with Gasteiger partial charge in [0.2, 0.25) is 0 Å². The fourth-order valence-corrected chi connectivity index (χ4v) is 1.77. The molecule has 0 aliphatic rings. The quantitative estimate of drug-likeness (QED) is 0.654. The third-order valence-corrected chi connectivity index (χ3v) is 2.97. The molecule has 0 unspecified atom stereocenters. The van der Waals surface area contributed by atoms with Crippen molar-refractivity contribution in [3.8, 4) is 0 Å². The number of nitrogens with one attached hydrogen (secondary N) is 1. The highest BCUT2D eigenvalue weighted by molar-refractivity contribution is 6.00. The first-order chi connectivity index (χ1) is 10.3. The van der Waals surface area contributed by atoms with Gasteiger partial charge in [-0.1, -0.05) is 61.5 Å². The second kappa shape index (κ2) is 7.80. The van der Waals surface area contributed by atoms with Crippen LogP contribution in [0.3, 0.4) is 0 Å². The molecule has 0 radical (unpaired) electrons. The third-order valence-electron chi connectivity index (χ3n) is 2.97. The van der Waals surface area contributed by atoms with E-state index in [9.17, 15) is 4.79 Å². The summed E-state index contributed by atoms with van der Waals surface area (Å²) in [6.07, 6.45) is 4.65. The molecular formula is C18H18N2O. The molecule has 0 aliphatic heterocycles. The second-order valence-corrected chi connectivity index (χ2v) is 4.51. The highest BCUT2D eigenvalue weighted by Crippen LogP contribution is 2.02. The SMILES string of the molecule is CCC(/C=C/c1ccccc1)=N/NC(=O)c1ccccc1. The van der Waals surface area contributed by atoms with Crippen LogP contribution in [0.25, 0.3) is 6.08 Å². The van der Waals surface area contributed by atoms with Gasteiger partial charge in [0, 0.05) is 5.56 Å². The molecule has 0 spiro atoms. The molecular weight excluding hydrogens is 260 g/mol. The maximum absolute atomic E-state index is 11.9. The lowest BCUT2D eigenvalue weighted by Crippen LogP contribution is -2.18. The van der Waals surface area contributed by atoms with Gasteiger partial charge in [0.05, 0.1) is 5.71 Å². The maximum atomic E-state index is 11.9. The summed E-state index contributed by atoms with van der Waals surface area (Å²) < 4.78 is 0. The average molecular weight is 278 g/mol. The lowest BCUT2D eigenvalue weighted by atomic mass is 10.2. The monoisotopic (exact) mass is 278 g/mol. The molecule has 3 nitrogen and oxygen atoms in total. The van der Waals surface area contributed by atoms with E-state index < -0.39 is 0 Å². The molecule has 0 heterocycles. The molecule has 0 fully saturated rings. The fourth-order valence-electron chi connectivity index (χ4n) is 1.77. The van der Waals surface area contributed by atoms with Crippen LogP contribution in [0.5, 0.6) is 0 Å². The number of allylic oxidation sites excluding steroid dienone is 1. The fraction of sp³-hybridized carbons (Fsp3) is 0.111. The summed E-state index contributed by atoms with van der Waals surface area (Å²) in [4.78, 5) is 11.9. The van der Waals surface area contributed by atoms with Crippen molar-refractivity contribution < 1.29 is 4.79 Å². The van der Waals surface area contributed by atoms with Crippen LogP contribution >= 0.6 is 0 Å². The molecule has 0 aliphatic carbocycles. The Labute approximate surface area is 125 Å². The topological polar surface area (TPSA) is 41.5 Å². The van der Waals surface area contributed by atoms with Gasteiger partial charge >= 0.3 is 0 Å². The van der Waals surface area contributed by atoms with E-state index in [1.165, 1.54) is 0 Å². The smallest absolute Gasteiger partial charge is 0.267 e. The molecule has 106 valence electrons. The van der Waals surface area contributed by atoms with E-state index in [1.807, 2.05) is 67.6 Å². The molecule has 0 saturated heterocycles. The number of amides is 1. The first-order valence-corrected chi connectivity index (χ1v) is 6.94. The van der Waals surface area contributed by atoms with Crippen molar-refractivity contribution in [1.82, 2.24) is 5.43 Å². The molecule has 3 heteroatoms. The van der Waals surface area contributed by atoms with Gasteiger partial charge in [-0.2, -0.15) is 5.10 Å². The minimum Gasteiger partial charge on any atom is -0.267 e. The average Bonchev–Trinajstić information content (AvgIpc) is 2.56. The highest BCUT2D eigenvalue weighted by Gasteiger charge is 2.02. The standard InChI is InChI=1S/C18H18N2O/c1-2-17(14-13-15-9-5-3-6-10-15)19-20-18(21)16-11-7-4-8-12-16/h3-14H,2H2,1H3,(H,20,21)/b14-13+,19-17-. The number of carbonyl (C=O) groups excluding carboxylic acids is 1. The van der Waals surface area contributed by atoms with Crippen LogP contribution in [-0.4, -0.2) is 11.6 Å². The largest absolute Gasteiger partial charge is 0.271 e. The number of carbonyl (C=O) groups is 1. The first kappa shape index (κ1) is 14.7. The van der Waals surface area contributed by atoms with E-state index in [0.29, 0.717) is 5.56 Å². The van der Waals surface area contributed by atoms with Gasteiger partial charge < -0.3 is 0 Å². The van der Waals surface area contributed by atoms with Crippen molar-refractivity contribution in [3.63, 3.8) is 0 Å². The van der Waals surface area contributed by atoms with E-state index in [4.69, 9.17) is 0 Å². The Bertz CT molecular complexity index is 631. The Morgan fingerprint density at radius 1 is 1.05 bits per heavy atom. The van der Waals surface area contributed by atoms with Gasteiger partial charge in [-0.3, -0.25) is 4.79 Å². The summed E-state index contributed by atoms with van der Waals surface area (Å²) in [5.74, 6) is -0.199. The van der Waals surface area contributed by atoms with Gasteiger partial charge in [-0.15, -0.1) is 0 Å². The highest BCUT2D eigenvalue weighted by atomic mass is 16.2. The predicted octanol–water partition coefficient (Wildman–Crippen LogP) is 3.90. The molecule has 0 bridgehead atoms. The Balaban J connectivity index is 2.01. The number of hydrogen-bond donors (Lipinski definition) is 1. The molecule has 1 amide bonds. The third kappa shape index (κ3) is 4.73. The summed E-state index contributed by atoms with van der Waals surface area (Å²) in [5.41, 5.74) is 5.11. The molecule has 2 rings (SSSR count). The van der Waals surface area contributed by atoms with Crippen molar-refractivity contribution in [2.24, 2.45) is 5.10 Å². The van der Waals surface area contributed by atoms with Crippen LogP contribution < -0.4 is 5.43 Å². The van der Waals surface area contributed by atoms with E-state index >= 15 is 0 Å². The van der Waals surface area contributed by atoms with Gasteiger partial charge in [-0.25, -0.2) is 5.43 Å². The van der Waals surface area contributed by atoms with Crippen LogP contribution in [0, 0.1) is 0 Å². The second-order valence-electron chi connectivity index (χ2n) is 4.51. The minimum absolute atomic E-state index is 0.199. The minimum atomic E-state index is -0.199. The van der Waals surface area contributed by atoms with Gasteiger partial charge in [0.25, 0.3) is 5.91 Å². The zero-order valence-corrected chi connectivity index (χ0v) is 12.0. The van der Waals surface area contributed by atoms with E-state index in [2.05, 4.69) is 10.5 Å². The molecule has 1 N–H and O–H groups in total. The lowest BCUT2D eigenvalue weighted by molar-refractivity contribution is 0.0955. The number of nitrogens with zero attached hydrogens (tertiary/aromatic N) is 1. The van der Waals surface area contributed by atoms with E-state index in [1.54, 1.807) is 12.1 Å². The van der Waals surface area contributed by atoms with Crippen LogP contribution in [-0.2, 0) is 0 Å². The van der Waals surface area contributed by atoms with Crippen LogP contribution in [0.15, 0.2) is 71.8 Å². The predicted molar refractivity (Wildman–Crippen MR) is 87.1 cm³/mol. The Morgan fingerprint density at radius 2 is 1.67 bits per heavy atom. The Morgan fingerprint density at radius 3 is 2.29 bits per heavy atom. The number of hydrogen-bond acceptors (Lipinski definition) is 2. The maximum Gasteiger partial charge on any atom is 0.271 e. The zero-order valence-electron chi connectivity index (χ0n) is 12.0. The lowest BCUT2D eigenvalue weighted by Gasteiger charge is -2.01. The molecule has 2 aromatic rings. The number of rotatable bonds is 5. The van der Waals surface area contributed by atoms with E-state index in [0.717, 1.165) is 17.7 Å². The van der Waals surface area contributed by atoms with Gasteiger partial charge in [0.15, 0.2) is 0 Å². The summed E-state index contributed by atoms with van der Waals surface area (Å²) in [7, 11) is 0. The van der Waals surface area contributed by atoms with Crippen molar-refractivity contribution in [2.75, 3.05) is 0 Å². The van der Waals surface area contributed by atoms with Crippen LogP contribution in [0.2, 0.25) is 0 Å². The van der Waals surface area contributed by atoms with Gasteiger partial charge in [-0.05, 0) is 30.2 Å². The molecule has 2 aromatic carbocycles. The van der Waals surface area contributed by atoms with Crippen molar-refractivity contribution in [2.45, 2.75) is 13.3 Å². The summed E-state index contributed by atoms with van der Waals surface area (Å²) in [6.45, 7) is 2.00.